The lowest BCUT2D eigenvalue weighted by atomic mass is 10.1. The third-order valence-corrected chi connectivity index (χ3v) is 3.85. The Bertz CT molecular complexity index is 909. The smallest absolute Gasteiger partial charge is 0.370 e. The molecule has 1 aromatic heterocycles. The van der Waals surface area contributed by atoms with Gasteiger partial charge in [-0.3, -0.25) is 5.43 Å². The molecule has 1 aromatic carbocycles. The number of aliphatic imine (C=N–C) groups is 2. The van der Waals surface area contributed by atoms with Crippen LogP contribution in [0.2, 0.25) is 5.15 Å². The van der Waals surface area contributed by atoms with Crippen molar-refractivity contribution >= 4 is 30.1 Å². The average Bonchev–Trinajstić information content (AvgIpc) is 2.62. The first-order valence-electron chi connectivity index (χ1n) is 7.54. The van der Waals surface area contributed by atoms with Gasteiger partial charge in [0.1, 0.15) is 5.15 Å². The fourth-order valence-corrected chi connectivity index (χ4v) is 2.52. The molecule has 2 aromatic rings. The fourth-order valence-electron chi connectivity index (χ4n) is 2.27. The predicted molar refractivity (Wildman–Crippen MR) is 96.3 cm³/mol. The molecule has 0 aliphatic carbocycles. The molecule has 2 heterocycles. The van der Waals surface area contributed by atoms with Gasteiger partial charge in [-0.2, -0.15) is 23.3 Å². The second-order valence-electron chi connectivity index (χ2n) is 5.40. The van der Waals surface area contributed by atoms with E-state index in [0.717, 1.165) is 12.1 Å². The highest BCUT2D eigenvalue weighted by Crippen LogP contribution is 2.31. The van der Waals surface area contributed by atoms with Gasteiger partial charge in [-0.25, -0.2) is 9.98 Å². The number of benzene rings is 1. The first-order chi connectivity index (χ1) is 12.8. The van der Waals surface area contributed by atoms with E-state index in [2.05, 4.69) is 30.8 Å². The number of hydrogen-bond acceptors (Lipinski definition) is 7. The van der Waals surface area contributed by atoms with Gasteiger partial charge in [0.2, 0.25) is 0 Å². The number of hydrogen-bond donors (Lipinski definition) is 3. The van der Waals surface area contributed by atoms with Crippen molar-refractivity contribution < 1.29 is 13.2 Å². The zero-order valence-electron chi connectivity index (χ0n) is 13.6. The van der Waals surface area contributed by atoms with Gasteiger partial charge in [0.15, 0.2) is 5.96 Å². The van der Waals surface area contributed by atoms with Crippen LogP contribution in [0.5, 0.6) is 0 Å². The summed E-state index contributed by atoms with van der Waals surface area (Å²) in [5.41, 5.74) is 8.56. The Morgan fingerprint density at radius 3 is 2.59 bits per heavy atom. The Kier molecular flexibility index (Phi) is 5.00. The molecule has 27 heavy (non-hydrogen) atoms. The average molecular weight is 396 g/mol. The highest BCUT2D eigenvalue weighted by atomic mass is 35.5. The van der Waals surface area contributed by atoms with E-state index < -0.39 is 17.5 Å². The fraction of sp³-hybridized carbons (Fsp3) is 0.125. The van der Waals surface area contributed by atoms with Crippen molar-refractivity contribution in [2.24, 2.45) is 20.8 Å². The number of nitrogens with two attached hydrogens (primary N) is 1. The molecule has 7 nitrogen and oxygen atoms in total. The van der Waals surface area contributed by atoms with Crippen molar-refractivity contribution in [3.05, 3.63) is 64.4 Å². The molecule has 1 atom stereocenters. The third-order valence-electron chi connectivity index (χ3n) is 3.55. The highest BCUT2D eigenvalue weighted by molar-refractivity contribution is 6.30. The summed E-state index contributed by atoms with van der Waals surface area (Å²) >= 11 is 6.14. The monoisotopic (exact) mass is 395 g/mol. The molecule has 0 saturated heterocycles. The molecular weight excluding hydrogens is 383 g/mol. The SMILES string of the molecule is NC1=NC(NN=Cc2ccc(C(F)(F)F)cc2)(c2cccnc2Cl)N=CN1. The Hall–Kier alpha value is -3.14. The van der Waals surface area contributed by atoms with Crippen LogP contribution in [0.1, 0.15) is 16.7 Å². The summed E-state index contributed by atoms with van der Waals surface area (Å²) in [7, 11) is 0. The highest BCUT2D eigenvalue weighted by Gasteiger charge is 2.35. The molecule has 0 bridgehead atoms. The number of guanidine groups is 1. The molecule has 11 heteroatoms. The predicted octanol–water partition coefficient (Wildman–Crippen LogP) is 2.43. The van der Waals surface area contributed by atoms with Crippen LogP contribution < -0.4 is 16.5 Å². The number of pyridine rings is 1. The van der Waals surface area contributed by atoms with Gasteiger partial charge in [0.25, 0.3) is 5.79 Å². The van der Waals surface area contributed by atoms with Gasteiger partial charge in [-0.1, -0.05) is 23.7 Å². The van der Waals surface area contributed by atoms with Crippen LogP contribution >= 0.6 is 11.6 Å². The minimum absolute atomic E-state index is 0.0714. The Morgan fingerprint density at radius 1 is 1.22 bits per heavy atom. The molecule has 1 unspecified atom stereocenters. The molecule has 0 spiro atoms. The number of halogens is 4. The lowest BCUT2D eigenvalue weighted by Gasteiger charge is -2.28. The van der Waals surface area contributed by atoms with Crippen LogP contribution in [0.25, 0.3) is 0 Å². The molecule has 0 radical (unpaired) electrons. The van der Waals surface area contributed by atoms with Gasteiger partial charge in [-0.15, -0.1) is 0 Å². The van der Waals surface area contributed by atoms with Crippen LogP contribution in [0.3, 0.4) is 0 Å². The zero-order chi connectivity index (χ0) is 19.5. The van der Waals surface area contributed by atoms with Crippen molar-refractivity contribution in [3.63, 3.8) is 0 Å². The second-order valence-corrected chi connectivity index (χ2v) is 5.76. The normalized spacial score (nSPS) is 19.6. The first kappa shape index (κ1) is 18.6. The van der Waals surface area contributed by atoms with Crippen molar-refractivity contribution in [2.75, 3.05) is 0 Å². The minimum Gasteiger partial charge on any atom is -0.370 e. The molecule has 0 fully saturated rings. The molecule has 3 rings (SSSR count). The van der Waals surface area contributed by atoms with Crippen molar-refractivity contribution in [1.29, 1.82) is 0 Å². The summed E-state index contributed by atoms with van der Waals surface area (Å²) < 4.78 is 37.8. The van der Waals surface area contributed by atoms with Crippen molar-refractivity contribution in [3.8, 4) is 0 Å². The number of hydrazone groups is 1. The molecule has 1 aliphatic heterocycles. The van der Waals surface area contributed by atoms with Gasteiger partial charge >= 0.3 is 6.18 Å². The Labute approximate surface area is 156 Å². The van der Waals surface area contributed by atoms with Gasteiger partial charge in [-0.05, 0) is 29.8 Å². The van der Waals surface area contributed by atoms with E-state index in [1.807, 2.05) is 0 Å². The largest absolute Gasteiger partial charge is 0.416 e. The van der Waals surface area contributed by atoms with Crippen LogP contribution in [-0.4, -0.2) is 23.5 Å². The molecular formula is C16H13ClF3N7. The first-order valence-corrected chi connectivity index (χ1v) is 7.92. The van der Waals surface area contributed by atoms with E-state index in [1.165, 1.54) is 30.9 Å². The van der Waals surface area contributed by atoms with Crippen molar-refractivity contribution in [1.82, 2.24) is 15.7 Å². The lowest BCUT2D eigenvalue weighted by molar-refractivity contribution is -0.137. The maximum absolute atomic E-state index is 12.6. The third kappa shape index (κ3) is 4.17. The number of alkyl halides is 3. The standard InChI is InChI=1S/C16H13ClF3N7/c17-13-12(2-1-7-22-13)16(24-9-23-14(21)26-16)27-25-8-10-3-5-11(6-4-10)15(18,19)20/h1-9,27H,(H3,21,23,24,26). The van der Waals surface area contributed by atoms with E-state index in [0.29, 0.717) is 11.1 Å². The Morgan fingerprint density at radius 2 is 1.96 bits per heavy atom. The van der Waals surface area contributed by atoms with E-state index in [4.69, 9.17) is 17.3 Å². The van der Waals surface area contributed by atoms with Crippen molar-refractivity contribution in [2.45, 2.75) is 12.0 Å². The quantitative estimate of drug-likeness (QED) is 0.420. The summed E-state index contributed by atoms with van der Waals surface area (Å²) in [6.07, 6.45) is -0.240. The summed E-state index contributed by atoms with van der Waals surface area (Å²) in [5, 5.41) is 6.81. The topological polar surface area (TPSA) is 100 Å². The van der Waals surface area contributed by atoms with Crippen LogP contribution in [0, 0.1) is 0 Å². The van der Waals surface area contributed by atoms with Gasteiger partial charge in [0, 0.05) is 6.20 Å². The maximum atomic E-state index is 12.6. The molecule has 0 amide bonds. The molecule has 4 N–H and O–H groups in total. The maximum Gasteiger partial charge on any atom is 0.416 e. The summed E-state index contributed by atoms with van der Waals surface area (Å²) in [6.45, 7) is 0. The molecule has 1 aliphatic rings. The van der Waals surface area contributed by atoms with Gasteiger partial charge in [0.05, 0.1) is 23.7 Å². The summed E-state index contributed by atoms with van der Waals surface area (Å²) in [6, 6.07) is 7.81. The van der Waals surface area contributed by atoms with E-state index in [1.54, 1.807) is 12.1 Å². The lowest BCUT2D eigenvalue weighted by Crippen LogP contribution is -2.46. The Balaban J connectivity index is 1.86. The van der Waals surface area contributed by atoms with Crippen LogP contribution in [0.4, 0.5) is 13.2 Å². The van der Waals surface area contributed by atoms with Crippen LogP contribution in [-0.2, 0) is 12.0 Å². The number of rotatable bonds is 4. The van der Waals surface area contributed by atoms with Gasteiger partial charge < -0.3 is 11.1 Å². The summed E-state index contributed by atoms with van der Waals surface area (Å²) in [5.74, 6) is -1.38. The van der Waals surface area contributed by atoms with Crippen LogP contribution in [0.15, 0.2) is 57.7 Å². The molecule has 0 saturated carbocycles. The minimum atomic E-state index is -4.40. The number of nitrogens with one attached hydrogen (secondary N) is 2. The number of nitrogens with zero attached hydrogens (tertiary/aromatic N) is 4. The van der Waals surface area contributed by atoms with E-state index in [9.17, 15) is 13.2 Å². The molecule has 140 valence electrons. The summed E-state index contributed by atoms with van der Waals surface area (Å²) in [4.78, 5) is 12.4. The zero-order valence-corrected chi connectivity index (χ0v) is 14.3. The van der Waals surface area contributed by atoms with E-state index >= 15 is 0 Å². The second kappa shape index (κ2) is 7.23. The number of aromatic nitrogens is 1. The van der Waals surface area contributed by atoms with E-state index in [-0.39, 0.29) is 11.1 Å².